The summed E-state index contributed by atoms with van der Waals surface area (Å²) < 4.78 is 32.4. The fraction of sp³-hybridized carbons (Fsp3) is 0.300. The number of amides is 1. The fourth-order valence-corrected chi connectivity index (χ4v) is 5.42. The molecule has 1 N–H and O–H groups in total. The highest BCUT2D eigenvalue weighted by Gasteiger charge is 2.24. The highest BCUT2D eigenvalue weighted by molar-refractivity contribution is 7.89. The van der Waals surface area contributed by atoms with Crippen molar-refractivity contribution in [2.24, 2.45) is 0 Å². The van der Waals surface area contributed by atoms with Crippen LogP contribution in [-0.2, 0) is 21.2 Å². The van der Waals surface area contributed by atoms with E-state index in [-0.39, 0.29) is 17.2 Å². The van der Waals surface area contributed by atoms with Crippen molar-refractivity contribution in [3.8, 4) is 10.8 Å². The van der Waals surface area contributed by atoms with Crippen LogP contribution in [0.3, 0.4) is 0 Å². The van der Waals surface area contributed by atoms with Gasteiger partial charge in [-0.25, -0.2) is 13.4 Å². The van der Waals surface area contributed by atoms with Crippen LogP contribution >= 0.6 is 11.3 Å². The molecule has 2 aromatic heterocycles. The Labute approximate surface area is 174 Å². The molecule has 29 heavy (non-hydrogen) atoms. The van der Waals surface area contributed by atoms with Crippen LogP contribution in [0.2, 0.25) is 0 Å². The first-order chi connectivity index (χ1) is 13.8. The van der Waals surface area contributed by atoms with Crippen LogP contribution in [-0.4, -0.2) is 36.7 Å². The maximum Gasteiger partial charge on any atom is 0.243 e. The molecule has 0 bridgehead atoms. The minimum absolute atomic E-state index is 0.0865. The van der Waals surface area contributed by atoms with E-state index >= 15 is 0 Å². The van der Waals surface area contributed by atoms with Crippen molar-refractivity contribution in [2.45, 2.75) is 32.1 Å². The lowest BCUT2D eigenvalue weighted by atomic mass is 10.2. The molecule has 0 fully saturated rings. The number of hydrogen-bond donors (Lipinski definition) is 1. The Morgan fingerprint density at radius 1 is 1.24 bits per heavy atom. The number of furan rings is 1. The molecule has 2 heterocycles. The van der Waals surface area contributed by atoms with E-state index in [4.69, 9.17) is 4.42 Å². The van der Waals surface area contributed by atoms with Gasteiger partial charge in [-0.05, 0) is 36.8 Å². The van der Waals surface area contributed by atoms with Crippen molar-refractivity contribution in [2.75, 3.05) is 18.4 Å². The average molecular weight is 434 g/mol. The zero-order chi connectivity index (χ0) is 21.0. The predicted octanol–water partition coefficient (Wildman–Crippen LogP) is 3.92. The number of hydrogen-bond acceptors (Lipinski definition) is 6. The quantitative estimate of drug-likeness (QED) is 0.581. The second-order valence-electron chi connectivity index (χ2n) is 6.42. The molecule has 3 aromatic rings. The van der Waals surface area contributed by atoms with Crippen molar-refractivity contribution >= 4 is 33.0 Å². The molecule has 0 saturated carbocycles. The summed E-state index contributed by atoms with van der Waals surface area (Å²) in [6, 6.07) is 8.50. The van der Waals surface area contributed by atoms with E-state index in [0.29, 0.717) is 40.8 Å². The largest absolute Gasteiger partial charge is 0.462 e. The molecule has 0 spiro atoms. The van der Waals surface area contributed by atoms with Crippen LogP contribution in [0.4, 0.5) is 5.69 Å². The number of aryl methyl sites for hydroxylation is 1. The van der Waals surface area contributed by atoms with Gasteiger partial charge in [-0.3, -0.25) is 4.79 Å². The smallest absolute Gasteiger partial charge is 0.243 e. The first-order valence-corrected chi connectivity index (χ1v) is 11.6. The maximum atomic E-state index is 12.9. The van der Waals surface area contributed by atoms with Gasteiger partial charge < -0.3 is 9.73 Å². The zero-order valence-corrected chi connectivity index (χ0v) is 18.1. The Hall–Kier alpha value is -2.49. The summed E-state index contributed by atoms with van der Waals surface area (Å²) in [5, 5.41) is 5.29. The van der Waals surface area contributed by atoms with Crippen LogP contribution in [0.5, 0.6) is 0 Å². The molecule has 154 valence electrons. The lowest BCUT2D eigenvalue weighted by Gasteiger charge is -2.20. The normalized spacial score (nSPS) is 11.7. The molecule has 0 atom stereocenters. The van der Waals surface area contributed by atoms with Crippen LogP contribution in [0.15, 0.2) is 51.3 Å². The molecule has 9 heteroatoms. The van der Waals surface area contributed by atoms with Crippen LogP contribution < -0.4 is 5.32 Å². The number of thiazole rings is 1. The van der Waals surface area contributed by atoms with E-state index in [1.807, 2.05) is 11.4 Å². The van der Waals surface area contributed by atoms with Crippen molar-refractivity contribution in [1.29, 1.82) is 0 Å². The standard InChI is InChI=1S/C20H23N3O4S2/c1-4-23(5-2)29(25,26)18-11-15(9-8-14(18)3)21-19(24)12-16-13-28-20(22-16)17-7-6-10-27-17/h6-11,13H,4-5,12H2,1-3H3,(H,21,24). The van der Waals surface area contributed by atoms with Crippen molar-refractivity contribution in [3.63, 3.8) is 0 Å². The summed E-state index contributed by atoms with van der Waals surface area (Å²) >= 11 is 1.40. The number of carbonyl (C=O) groups excluding carboxylic acids is 1. The Morgan fingerprint density at radius 3 is 2.66 bits per heavy atom. The number of sulfonamides is 1. The van der Waals surface area contributed by atoms with E-state index in [2.05, 4.69) is 10.3 Å². The third-order valence-electron chi connectivity index (χ3n) is 4.42. The summed E-state index contributed by atoms with van der Waals surface area (Å²) in [4.78, 5) is 17.1. The van der Waals surface area contributed by atoms with Crippen molar-refractivity contribution in [3.05, 3.63) is 53.2 Å². The summed E-state index contributed by atoms with van der Waals surface area (Å²) in [7, 11) is -3.61. The molecule has 0 aliphatic heterocycles. The highest BCUT2D eigenvalue weighted by Crippen LogP contribution is 2.25. The average Bonchev–Trinajstić information content (AvgIpc) is 3.35. The number of carbonyl (C=O) groups is 1. The minimum Gasteiger partial charge on any atom is -0.462 e. The van der Waals surface area contributed by atoms with E-state index < -0.39 is 10.0 Å². The van der Waals surface area contributed by atoms with Crippen molar-refractivity contribution < 1.29 is 17.6 Å². The van der Waals surface area contributed by atoms with Gasteiger partial charge in [0, 0.05) is 24.2 Å². The fourth-order valence-electron chi connectivity index (χ4n) is 2.93. The van der Waals surface area contributed by atoms with Crippen molar-refractivity contribution in [1.82, 2.24) is 9.29 Å². The monoisotopic (exact) mass is 433 g/mol. The van der Waals surface area contributed by atoms with Crippen LogP contribution in [0.1, 0.15) is 25.1 Å². The van der Waals surface area contributed by atoms with E-state index in [9.17, 15) is 13.2 Å². The second kappa shape index (κ2) is 8.89. The van der Waals surface area contributed by atoms with Crippen LogP contribution in [0.25, 0.3) is 10.8 Å². The number of aromatic nitrogens is 1. The summed E-state index contributed by atoms with van der Waals surface area (Å²) in [6.07, 6.45) is 1.66. The Bertz CT molecular complexity index is 1080. The Morgan fingerprint density at radius 2 is 2.00 bits per heavy atom. The lowest BCUT2D eigenvalue weighted by molar-refractivity contribution is -0.115. The van der Waals surface area contributed by atoms with Gasteiger partial charge in [0.05, 0.1) is 23.3 Å². The van der Waals surface area contributed by atoms with Gasteiger partial charge in [0.2, 0.25) is 15.9 Å². The predicted molar refractivity (Wildman–Crippen MR) is 113 cm³/mol. The molecular weight excluding hydrogens is 410 g/mol. The third kappa shape index (κ3) is 4.75. The van der Waals surface area contributed by atoms with E-state index in [1.54, 1.807) is 45.2 Å². The van der Waals surface area contributed by atoms with Gasteiger partial charge in [0.25, 0.3) is 0 Å². The molecule has 0 unspecified atom stereocenters. The van der Waals surface area contributed by atoms with Gasteiger partial charge in [-0.15, -0.1) is 11.3 Å². The number of nitrogens with zero attached hydrogens (tertiary/aromatic N) is 2. The lowest BCUT2D eigenvalue weighted by Crippen LogP contribution is -2.31. The van der Waals surface area contributed by atoms with Gasteiger partial charge in [-0.2, -0.15) is 4.31 Å². The molecular formula is C20H23N3O4S2. The number of benzene rings is 1. The van der Waals surface area contributed by atoms with E-state index in [1.165, 1.54) is 21.7 Å². The molecule has 7 nitrogen and oxygen atoms in total. The summed E-state index contributed by atoms with van der Waals surface area (Å²) in [5.74, 6) is 0.391. The molecule has 0 aliphatic carbocycles. The van der Waals surface area contributed by atoms with Crippen LogP contribution in [0, 0.1) is 6.92 Å². The van der Waals surface area contributed by atoms with Gasteiger partial charge >= 0.3 is 0 Å². The molecule has 0 aliphatic rings. The van der Waals surface area contributed by atoms with Gasteiger partial charge in [-0.1, -0.05) is 19.9 Å². The van der Waals surface area contributed by atoms with Gasteiger partial charge in [0.1, 0.15) is 0 Å². The SMILES string of the molecule is CCN(CC)S(=O)(=O)c1cc(NC(=O)Cc2csc(-c3ccco3)n2)ccc1C. The van der Waals surface area contributed by atoms with Gasteiger partial charge in [0.15, 0.2) is 10.8 Å². The van der Waals surface area contributed by atoms with E-state index in [0.717, 1.165) is 0 Å². The molecule has 1 amide bonds. The number of nitrogens with one attached hydrogen (secondary N) is 1. The highest BCUT2D eigenvalue weighted by atomic mass is 32.2. The zero-order valence-electron chi connectivity index (χ0n) is 16.5. The number of anilines is 1. The molecule has 0 radical (unpaired) electrons. The first kappa shape index (κ1) is 21.2. The maximum absolute atomic E-state index is 12.9. The topological polar surface area (TPSA) is 92.5 Å². The first-order valence-electron chi connectivity index (χ1n) is 9.24. The number of rotatable bonds is 8. The summed E-state index contributed by atoms with van der Waals surface area (Å²) in [6.45, 7) is 6.11. The summed E-state index contributed by atoms with van der Waals surface area (Å²) in [5.41, 5.74) is 1.70. The Balaban J connectivity index is 1.74. The molecule has 3 rings (SSSR count). The minimum atomic E-state index is -3.61. The molecule has 0 saturated heterocycles. The second-order valence-corrected chi connectivity index (χ2v) is 9.18. The molecule has 1 aromatic carbocycles. The third-order valence-corrected chi connectivity index (χ3v) is 7.52. The Kier molecular flexibility index (Phi) is 6.51.